The maximum atomic E-state index is 10.7. The van der Waals surface area contributed by atoms with Crippen molar-refractivity contribution in [2.75, 3.05) is 13.6 Å². The Morgan fingerprint density at radius 3 is 2.42 bits per heavy atom. The van der Waals surface area contributed by atoms with Crippen molar-refractivity contribution in [1.29, 1.82) is 0 Å². The maximum absolute atomic E-state index is 10.7. The third-order valence-corrected chi connectivity index (χ3v) is 2.29. The highest BCUT2D eigenvalue weighted by Crippen LogP contribution is 2.04. The van der Waals surface area contributed by atoms with Crippen LogP contribution in [-0.2, 0) is 4.79 Å². The molecule has 0 heterocycles. The molecule has 0 aromatic rings. The smallest absolute Gasteiger partial charge is 0.322 e. The average molecular weight is 174 g/mol. The van der Waals surface area contributed by atoms with E-state index in [1.807, 2.05) is 13.8 Å². The summed E-state index contributed by atoms with van der Waals surface area (Å²) in [4.78, 5) is 12.5. The van der Waals surface area contributed by atoms with Crippen molar-refractivity contribution in [1.82, 2.24) is 4.90 Å². The number of rotatable bonds is 5. The molecule has 0 spiro atoms. The summed E-state index contributed by atoms with van der Waals surface area (Å²) in [7, 11) is 1.79. The minimum atomic E-state index is -0.847. The molecule has 0 bridgehead atoms. The second-order valence-electron chi connectivity index (χ2n) is 3.01. The predicted octanol–water partition coefficient (Wildman–Crippen LogP) is 0.129. The molecule has 0 aromatic heterocycles. The molecule has 0 aliphatic rings. The van der Waals surface area contributed by atoms with Gasteiger partial charge < -0.3 is 10.8 Å². The number of carboxylic acids is 1. The van der Waals surface area contributed by atoms with E-state index >= 15 is 0 Å². The SMILES string of the molecule is CCC(C)N(C)C(CN)C(=O)O. The van der Waals surface area contributed by atoms with Crippen LogP contribution in [0.3, 0.4) is 0 Å². The van der Waals surface area contributed by atoms with Gasteiger partial charge >= 0.3 is 5.97 Å². The number of hydrogen-bond acceptors (Lipinski definition) is 3. The zero-order valence-electron chi connectivity index (χ0n) is 7.95. The maximum Gasteiger partial charge on any atom is 0.322 e. The number of carbonyl (C=O) groups is 1. The summed E-state index contributed by atoms with van der Waals surface area (Å²) in [5.41, 5.74) is 5.34. The molecule has 4 heteroatoms. The normalized spacial score (nSPS) is 16.1. The van der Waals surface area contributed by atoms with Crippen LogP contribution in [-0.4, -0.2) is 41.7 Å². The summed E-state index contributed by atoms with van der Waals surface area (Å²) in [6.45, 7) is 4.18. The van der Waals surface area contributed by atoms with Crippen LogP contribution in [0.4, 0.5) is 0 Å². The van der Waals surface area contributed by atoms with Gasteiger partial charge in [0.15, 0.2) is 0 Å². The molecule has 2 atom stereocenters. The fraction of sp³-hybridized carbons (Fsp3) is 0.875. The third kappa shape index (κ3) is 2.79. The standard InChI is InChI=1S/C8H18N2O2/c1-4-6(2)10(3)7(5-9)8(11)12/h6-7H,4-5,9H2,1-3H3,(H,11,12). The minimum Gasteiger partial charge on any atom is -0.480 e. The lowest BCUT2D eigenvalue weighted by Crippen LogP contribution is -2.47. The second kappa shape index (κ2) is 5.11. The monoisotopic (exact) mass is 174 g/mol. The van der Waals surface area contributed by atoms with Gasteiger partial charge in [-0.15, -0.1) is 0 Å². The van der Waals surface area contributed by atoms with Crippen molar-refractivity contribution in [2.45, 2.75) is 32.4 Å². The average Bonchev–Trinajstić information content (AvgIpc) is 2.03. The van der Waals surface area contributed by atoms with Crippen molar-refractivity contribution in [3.63, 3.8) is 0 Å². The highest BCUT2D eigenvalue weighted by molar-refractivity contribution is 5.73. The summed E-state index contributed by atoms with van der Waals surface area (Å²) in [6.07, 6.45) is 0.931. The van der Waals surface area contributed by atoms with E-state index < -0.39 is 12.0 Å². The number of nitrogens with two attached hydrogens (primary N) is 1. The quantitative estimate of drug-likeness (QED) is 0.621. The number of hydrogen-bond donors (Lipinski definition) is 2. The Kier molecular flexibility index (Phi) is 4.85. The summed E-state index contributed by atoms with van der Waals surface area (Å²) in [6, 6.07) is -0.297. The van der Waals surface area contributed by atoms with E-state index in [0.717, 1.165) is 6.42 Å². The Balaban J connectivity index is 4.20. The van der Waals surface area contributed by atoms with Gasteiger partial charge in [0.2, 0.25) is 0 Å². The highest BCUT2D eigenvalue weighted by Gasteiger charge is 2.23. The fourth-order valence-corrected chi connectivity index (χ4v) is 1.04. The zero-order valence-corrected chi connectivity index (χ0v) is 7.95. The molecule has 0 saturated carbocycles. The predicted molar refractivity (Wildman–Crippen MR) is 48.0 cm³/mol. The molecule has 0 aliphatic heterocycles. The topological polar surface area (TPSA) is 66.6 Å². The van der Waals surface area contributed by atoms with Crippen LogP contribution in [0.15, 0.2) is 0 Å². The van der Waals surface area contributed by atoms with Crippen LogP contribution in [0.1, 0.15) is 20.3 Å². The van der Waals surface area contributed by atoms with Crippen LogP contribution in [0.25, 0.3) is 0 Å². The lowest BCUT2D eigenvalue weighted by atomic mass is 10.1. The molecule has 0 radical (unpaired) electrons. The van der Waals surface area contributed by atoms with Gasteiger partial charge in [-0.3, -0.25) is 9.69 Å². The van der Waals surface area contributed by atoms with Gasteiger partial charge in [-0.1, -0.05) is 6.92 Å². The van der Waals surface area contributed by atoms with E-state index in [4.69, 9.17) is 10.8 Å². The van der Waals surface area contributed by atoms with E-state index in [0.29, 0.717) is 0 Å². The third-order valence-electron chi connectivity index (χ3n) is 2.29. The van der Waals surface area contributed by atoms with Crippen molar-refractivity contribution >= 4 is 5.97 Å². The Hall–Kier alpha value is -0.610. The lowest BCUT2D eigenvalue weighted by molar-refractivity contribution is -0.143. The summed E-state index contributed by atoms with van der Waals surface area (Å²) in [5.74, 6) is -0.847. The van der Waals surface area contributed by atoms with Gasteiger partial charge in [-0.25, -0.2) is 0 Å². The minimum absolute atomic E-state index is 0.163. The molecule has 72 valence electrons. The van der Waals surface area contributed by atoms with Gasteiger partial charge in [0.25, 0.3) is 0 Å². The van der Waals surface area contributed by atoms with E-state index in [-0.39, 0.29) is 12.6 Å². The molecule has 3 N–H and O–H groups in total. The summed E-state index contributed by atoms with van der Waals surface area (Å²) in [5, 5.41) is 8.77. The Morgan fingerprint density at radius 1 is 1.67 bits per heavy atom. The molecule has 0 amide bonds. The molecule has 0 rings (SSSR count). The first-order valence-corrected chi connectivity index (χ1v) is 4.19. The molecule has 12 heavy (non-hydrogen) atoms. The molecule has 0 aromatic carbocycles. The molecule has 2 unspecified atom stereocenters. The Morgan fingerprint density at radius 2 is 2.17 bits per heavy atom. The largest absolute Gasteiger partial charge is 0.480 e. The van der Waals surface area contributed by atoms with E-state index in [1.165, 1.54) is 0 Å². The van der Waals surface area contributed by atoms with Gasteiger partial charge in [0.1, 0.15) is 6.04 Å². The number of nitrogens with zero attached hydrogens (tertiary/aromatic N) is 1. The van der Waals surface area contributed by atoms with Gasteiger partial charge in [0, 0.05) is 12.6 Å². The van der Waals surface area contributed by atoms with E-state index in [1.54, 1.807) is 11.9 Å². The first-order chi connectivity index (χ1) is 5.54. The number of carboxylic acid groups (broad SMARTS) is 1. The van der Waals surface area contributed by atoms with Gasteiger partial charge in [-0.05, 0) is 20.4 Å². The number of aliphatic carboxylic acids is 1. The van der Waals surface area contributed by atoms with Crippen LogP contribution in [0.5, 0.6) is 0 Å². The van der Waals surface area contributed by atoms with Crippen LogP contribution >= 0.6 is 0 Å². The molecule has 0 saturated heterocycles. The second-order valence-corrected chi connectivity index (χ2v) is 3.01. The molecule has 0 fully saturated rings. The first-order valence-electron chi connectivity index (χ1n) is 4.19. The lowest BCUT2D eigenvalue weighted by Gasteiger charge is -2.28. The van der Waals surface area contributed by atoms with Crippen molar-refractivity contribution in [3.8, 4) is 0 Å². The number of likely N-dealkylation sites (N-methyl/N-ethyl adjacent to an activating group) is 1. The van der Waals surface area contributed by atoms with Crippen molar-refractivity contribution in [2.24, 2.45) is 5.73 Å². The Labute approximate surface area is 73.3 Å². The molecular formula is C8H18N2O2. The van der Waals surface area contributed by atoms with E-state index in [9.17, 15) is 4.79 Å². The summed E-state index contributed by atoms with van der Waals surface area (Å²) >= 11 is 0. The van der Waals surface area contributed by atoms with Crippen LogP contribution in [0.2, 0.25) is 0 Å². The van der Waals surface area contributed by atoms with Gasteiger partial charge in [-0.2, -0.15) is 0 Å². The molecule has 0 aliphatic carbocycles. The molecular weight excluding hydrogens is 156 g/mol. The fourth-order valence-electron chi connectivity index (χ4n) is 1.04. The van der Waals surface area contributed by atoms with E-state index in [2.05, 4.69) is 0 Å². The highest BCUT2D eigenvalue weighted by atomic mass is 16.4. The summed E-state index contributed by atoms with van der Waals surface area (Å²) < 4.78 is 0. The zero-order chi connectivity index (χ0) is 9.72. The van der Waals surface area contributed by atoms with Crippen LogP contribution < -0.4 is 5.73 Å². The Bertz CT molecular complexity index is 150. The van der Waals surface area contributed by atoms with Crippen LogP contribution in [0, 0.1) is 0 Å². The van der Waals surface area contributed by atoms with Crippen molar-refractivity contribution < 1.29 is 9.90 Å². The van der Waals surface area contributed by atoms with Crippen molar-refractivity contribution in [3.05, 3.63) is 0 Å². The van der Waals surface area contributed by atoms with Gasteiger partial charge in [0.05, 0.1) is 0 Å². The first kappa shape index (κ1) is 11.4. The molecule has 4 nitrogen and oxygen atoms in total.